The second kappa shape index (κ2) is 6.73. The van der Waals surface area contributed by atoms with Crippen LogP contribution in [0.5, 0.6) is 0 Å². The molecule has 1 aliphatic heterocycles. The van der Waals surface area contributed by atoms with E-state index in [9.17, 15) is 4.79 Å². The van der Waals surface area contributed by atoms with E-state index in [-0.39, 0.29) is 5.91 Å². The quantitative estimate of drug-likeness (QED) is 0.777. The number of carbonyl (C=O) groups is 1. The summed E-state index contributed by atoms with van der Waals surface area (Å²) in [5.41, 5.74) is 0.900. The van der Waals surface area contributed by atoms with Crippen LogP contribution in [0.2, 0.25) is 0 Å². The third-order valence-corrected chi connectivity index (χ3v) is 3.39. The zero-order valence-electron chi connectivity index (χ0n) is 11.8. The van der Waals surface area contributed by atoms with Gasteiger partial charge in [0.2, 0.25) is 0 Å². The van der Waals surface area contributed by atoms with E-state index in [2.05, 4.69) is 15.5 Å². The van der Waals surface area contributed by atoms with Gasteiger partial charge in [-0.2, -0.15) is 0 Å². The maximum Gasteiger partial charge on any atom is 0.287 e. The van der Waals surface area contributed by atoms with Crippen molar-refractivity contribution in [2.45, 2.75) is 20.3 Å². The molecule has 2 rings (SSSR count). The highest BCUT2D eigenvalue weighted by Gasteiger charge is 2.14. The fraction of sp³-hybridized carbons (Fsp3) is 0.643. The second-order valence-corrected chi connectivity index (χ2v) is 5.07. The summed E-state index contributed by atoms with van der Waals surface area (Å²) in [6.45, 7) is 9.82. The van der Waals surface area contributed by atoms with E-state index in [0.717, 1.165) is 50.5 Å². The van der Waals surface area contributed by atoms with Gasteiger partial charge >= 0.3 is 0 Å². The van der Waals surface area contributed by atoms with Crippen LogP contribution in [0.4, 0.5) is 0 Å². The molecule has 0 saturated carbocycles. The molecule has 2 heterocycles. The highest BCUT2D eigenvalue weighted by atomic mass is 16.3. The molecule has 0 aromatic carbocycles. The van der Waals surface area contributed by atoms with Crippen molar-refractivity contribution in [2.75, 3.05) is 39.3 Å². The molecule has 1 aliphatic rings. The monoisotopic (exact) mass is 265 g/mol. The fourth-order valence-electron chi connectivity index (χ4n) is 2.39. The number of hydrogen-bond acceptors (Lipinski definition) is 4. The predicted molar refractivity (Wildman–Crippen MR) is 74.4 cm³/mol. The summed E-state index contributed by atoms with van der Waals surface area (Å²) < 4.78 is 5.39. The molecule has 0 unspecified atom stereocenters. The van der Waals surface area contributed by atoms with E-state index >= 15 is 0 Å². The summed E-state index contributed by atoms with van der Waals surface area (Å²) >= 11 is 0. The van der Waals surface area contributed by atoms with Crippen LogP contribution in [0.15, 0.2) is 10.5 Å². The number of amides is 1. The van der Waals surface area contributed by atoms with Crippen molar-refractivity contribution in [1.29, 1.82) is 0 Å². The predicted octanol–water partition coefficient (Wildman–Crippen LogP) is 0.922. The Kier molecular flexibility index (Phi) is 4.99. The van der Waals surface area contributed by atoms with E-state index in [4.69, 9.17) is 4.42 Å². The lowest BCUT2D eigenvalue weighted by molar-refractivity contribution is 0.0921. The Morgan fingerprint density at radius 1 is 1.42 bits per heavy atom. The zero-order chi connectivity index (χ0) is 13.7. The lowest BCUT2D eigenvalue weighted by Gasteiger charge is -2.26. The number of furan rings is 1. The zero-order valence-corrected chi connectivity index (χ0v) is 11.8. The van der Waals surface area contributed by atoms with Gasteiger partial charge in [-0.25, -0.2) is 0 Å². The summed E-state index contributed by atoms with van der Waals surface area (Å²) in [6.07, 6.45) is 0.977. The van der Waals surface area contributed by atoms with Crippen molar-refractivity contribution in [2.24, 2.45) is 0 Å². The fourth-order valence-corrected chi connectivity index (χ4v) is 2.39. The average Bonchev–Trinajstić information content (AvgIpc) is 2.75. The third-order valence-electron chi connectivity index (χ3n) is 3.39. The summed E-state index contributed by atoms with van der Waals surface area (Å²) in [5, 5.41) is 6.25. The van der Waals surface area contributed by atoms with E-state index in [0.29, 0.717) is 12.3 Å². The SMILES string of the molecule is Cc1cc(C)c(C(=O)NCCCN2CCNCC2)o1. The largest absolute Gasteiger partial charge is 0.456 e. The molecule has 2 N–H and O–H groups in total. The Bertz CT molecular complexity index is 422. The van der Waals surface area contributed by atoms with Gasteiger partial charge in [-0.3, -0.25) is 4.79 Å². The lowest BCUT2D eigenvalue weighted by atomic mass is 10.2. The lowest BCUT2D eigenvalue weighted by Crippen LogP contribution is -2.44. The van der Waals surface area contributed by atoms with Gasteiger partial charge in [-0.05, 0) is 32.9 Å². The van der Waals surface area contributed by atoms with Crippen LogP contribution in [0, 0.1) is 13.8 Å². The average molecular weight is 265 g/mol. The van der Waals surface area contributed by atoms with E-state index in [1.54, 1.807) is 0 Å². The van der Waals surface area contributed by atoms with Crippen LogP contribution in [-0.4, -0.2) is 50.1 Å². The molecule has 1 aromatic rings. The Balaban J connectivity index is 1.67. The third kappa shape index (κ3) is 4.08. The Morgan fingerprint density at radius 3 is 2.79 bits per heavy atom. The van der Waals surface area contributed by atoms with Crippen LogP contribution in [0.1, 0.15) is 28.3 Å². The first-order chi connectivity index (χ1) is 9.16. The Labute approximate surface area is 114 Å². The van der Waals surface area contributed by atoms with Gasteiger partial charge < -0.3 is 20.0 Å². The van der Waals surface area contributed by atoms with Gasteiger partial charge in [0.15, 0.2) is 5.76 Å². The van der Waals surface area contributed by atoms with Gasteiger partial charge in [-0.15, -0.1) is 0 Å². The van der Waals surface area contributed by atoms with Crippen LogP contribution in [0.25, 0.3) is 0 Å². The van der Waals surface area contributed by atoms with Crippen LogP contribution >= 0.6 is 0 Å². The molecule has 19 heavy (non-hydrogen) atoms. The second-order valence-electron chi connectivity index (χ2n) is 5.07. The summed E-state index contributed by atoms with van der Waals surface area (Å²) in [6, 6.07) is 1.88. The van der Waals surface area contributed by atoms with Crippen molar-refractivity contribution >= 4 is 5.91 Å². The minimum atomic E-state index is -0.106. The number of nitrogens with zero attached hydrogens (tertiary/aromatic N) is 1. The standard InChI is InChI=1S/C14H23N3O2/c1-11-10-12(2)19-13(11)14(18)16-4-3-7-17-8-5-15-6-9-17/h10,15H,3-9H2,1-2H3,(H,16,18). The molecule has 0 spiro atoms. The summed E-state index contributed by atoms with van der Waals surface area (Å²) in [5.74, 6) is 1.12. The molecular formula is C14H23N3O2. The van der Waals surface area contributed by atoms with Crippen LogP contribution < -0.4 is 10.6 Å². The smallest absolute Gasteiger partial charge is 0.287 e. The van der Waals surface area contributed by atoms with Gasteiger partial charge in [0.05, 0.1) is 0 Å². The minimum absolute atomic E-state index is 0.106. The van der Waals surface area contributed by atoms with Gasteiger partial charge in [0, 0.05) is 38.3 Å². The van der Waals surface area contributed by atoms with Crippen molar-refractivity contribution < 1.29 is 9.21 Å². The molecule has 106 valence electrons. The Morgan fingerprint density at radius 2 is 2.16 bits per heavy atom. The van der Waals surface area contributed by atoms with Crippen molar-refractivity contribution in [3.63, 3.8) is 0 Å². The van der Waals surface area contributed by atoms with E-state index in [1.165, 1.54) is 0 Å². The first-order valence-electron chi connectivity index (χ1n) is 6.95. The van der Waals surface area contributed by atoms with Crippen molar-refractivity contribution in [1.82, 2.24) is 15.5 Å². The van der Waals surface area contributed by atoms with Crippen LogP contribution in [-0.2, 0) is 0 Å². The first kappa shape index (κ1) is 14.1. The molecular weight excluding hydrogens is 242 g/mol. The number of hydrogen-bond donors (Lipinski definition) is 2. The number of nitrogens with one attached hydrogen (secondary N) is 2. The minimum Gasteiger partial charge on any atom is -0.456 e. The van der Waals surface area contributed by atoms with E-state index in [1.807, 2.05) is 19.9 Å². The molecule has 0 atom stereocenters. The van der Waals surface area contributed by atoms with E-state index < -0.39 is 0 Å². The molecule has 1 saturated heterocycles. The number of rotatable bonds is 5. The first-order valence-corrected chi connectivity index (χ1v) is 6.95. The molecule has 0 bridgehead atoms. The maximum absolute atomic E-state index is 11.9. The topological polar surface area (TPSA) is 57.5 Å². The maximum atomic E-state index is 11.9. The Hall–Kier alpha value is -1.33. The molecule has 5 heteroatoms. The number of carbonyl (C=O) groups excluding carboxylic acids is 1. The highest BCUT2D eigenvalue weighted by molar-refractivity contribution is 5.92. The number of aryl methyl sites for hydroxylation is 2. The molecule has 0 aliphatic carbocycles. The summed E-state index contributed by atoms with van der Waals surface area (Å²) in [4.78, 5) is 14.3. The molecule has 1 amide bonds. The molecule has 0 radical (unpaired) electrons. The summed E-state index contributed by atoms with van der Waals surface area (Å²) in [7, 11) is 0. The van der Waals surface area contributed by atoms with Gasteiger partial charge in [-0.1, -0.05) is 0 Å². The van der Waals surface area contributed by atoms with Crippen LogP contribution in [0.3, 0.4) is 0 Å². The highest BCUT2D eigenvalue weighted by Crippen LogP contribution is 2.13. The molecule has 1 fully saturated rings. The van der Waals surface area contributed by atoms with Gasteiger partial charge in [0.25, 0.3) is 5.91 Å². The molecule has 5 nitrogen and oxygen atoms in total. The van der Waals surface area contributed by atoms with Gasteiger partial charge in [0.1, 0.15) is 5.76 Å². The van der Waals surface area contributed by atoms with Crippen molar-refractivity contribution in [3.8, 4) is 0 Å². The number of piperazine rings is 1. The molecule has 1 aromatic heterocycles. The van der Waals surface area contributed by atoms with Crippen molar-refractivity contribution in [3.05, 3.63) is 23.2 Å². The normalized spacial score (nSPS) is 16.5.